The van der Waals surface area contributed by atoms with Gasteiger partial charge < -0.3 is 5.32 Å². The fraction of sp³-hybridized carbons (Fsp3) is 0.258. The molecule has 2 heterocycles. The lowest BCUT2D eigenvalue weighted by Crippen LogP contribution is -2.35. The Labute approximate surface area is 212 Å². The number of carbonyl (C=O) groups is 2. The van der Waals surface area contributed by atoms with Gasteiger partial charge in [-0.15, -0.1) is 0 Å². The quantitative estimate of drug-likeness (QED) is 0.357. The Bertz CT molecular complexity index is 1360. The number of nitrogens with one attached hydrogen (secondary N) is 1. The summed E-state index contributed by atoms with van der Waals surface area (Å²) in [5.41, 5.74) is 5.28. The Balaban J connectivity index is 1.64. The van der Waals surface area contributed by atoms with Crippen molar-refractivity contribution in [2.45, 2.75) is 38.8 Å². The van der Waals surface area contributed by atoms with Gasteiger partial charge >= 0.3 is 0 Å². The van der Waals surface area contributed by atoms with Crippen LogP contribution in [0.5, 0.6) is 0 Å². The number of piperidine rings is 1. The van der Waals surface area contributed by atoms with Crippen molar-refractivity contribution in [1.29, 1.82) is 0 Å². The molecule has 5 nitrogen and oxygen atoms in total. The average molecular weight is 478 g/mol. The van der Waals surface area contributed by atoms with E-state index >= 15 is 0 Å². The van der Waals surface area contributed by atoms with Gasteiger partial charge in [0.25, 0.3) is 5.91 Å². The third-order valence-corrected chi connectivity index (χ3v) is 6.98. The van der Waals surface area contributed by atoms with Crippen molar-refractivity contribution >= 4 is 22.6 Å². The molecule has 0 saturated carbocycles. The predicted molar refractivity (Wildman–Crippen MR) is 144 cm³/mol. The van der Waals surface area contributed by atoms with Gasteiger partial charge in [-0.2, -0.15) is 0 Å². The standard InChI is InChI=1S/C31H31N3O2/c1-2-27(22-11-5-3-6-12-22)33-31(36)29-25-15-9-10-16-28(25)32-30(23-13-7-4-8-14-23)26(29)21-34-19-17-24(35)18-20-34/h3-16,27H,2,17-21H2,1H3,(H,33,36). The number of amides is 1. The third-order valence-electron chi connectivity index (χ3n) is 6.98. The number of carbonyl (C=O) groups excluding carboxylic acids is 2. The normalized spacial score (nSPS) is 15.1. The number of fused-ring (bicyclic) bond motifs is 1. The van der Waals surface area contributed by atoms with Gasteiger partial charge in [-0.25, -0.2) is 4.98 Å². The van der Waals surface area contributed by atoms with Gasteiger partial charge in [-0.3, -0.25) is 14.5 Å². The van der Waals surface area contributed by atoms with E-state index in [4.69, 9.17) is 4.98 Å². The fourth-order valence-corrected chi connectivity index (χ4v) is 5.02. The second-order valence-electron chi connectivity index (χ2n) is 9.36. The van der Waals surface area contributed by atoms with Crippen LogP contribution >= 0.6 is 0 Å². The molecule has 0 radical (unpaired) electrons. The molecule has 1 aliphatic heterocycles. The first-order valence-electron chi connectivity index (χ1n) is 12.7. The molecule has 0 bridgehead atoms. The molecule has 1 atom stereocenters. The van der Waals surface area contributed by atoms with Crippen LogP contribution in [0.1, 0.15) is 53.7 Å². The Hall–Kier alpha value is -3.83. The Morgan fingerprint density at radius 3 is 2.25 bits per heavy atom. The highest BCUT2D eigenvalue weighted by atomic mass is 16.1. The van der Waals surface area contributed by atoms with E-state index in [-0.39, 0.29) is 11.9 Å². The van der Waals surface area contributed by atoms with E-state index in [1.165, 1.54) is 0 Å². The predicted octanol–water partition coefficient (Wildman–Crippen LogP) is 5.95. The highest BCUT2D eigenvalue weighted by Crippen LogP contribution is 2.32. The van der Waals surface area contributed by atoms with E-state index in [9.17, 15) is 9.59 Å². The summed E-state index contributed by atoms with van der Waals surface area (Å²) in [7, 11) is 0. The van der Waals surface area contributed by atoms with Gasteiger partial charge in [0, 0.05) is 49.0 Å². The molecular weight excluding hydrogens is 446 g/mol. The topological polar surface area (TPSA) is 62.3 Å². The number of nitrogens with zero attached hydrogens (tertiary/aromatic N) is 2. The highest BCUT2D eigenvalue weighted by molar-refractivity contribution is 6.09. The fourth-order valence-electron chi connectivity index (χ4n) is 5.02. The van der Waals surface area contributed by atoms with Crippen LogP contribution in [0.15, 0.2) is 84.9 Å². The summed E-state index contributed by atoms with van der Waals surface area (Å²) >= 11 is 0. The second-order valence-corrected chi connectivity index (χ2v) is 9.36. The number of ketones is 1. The third kappa shape index (κ3) is 5.07. The molecule has 4 aromatic rings. The molecule has 1 unspecified atom stereocenters. The smallest absolute Gasteiger partial charge is 0.252 e. The number of rotatable bonds is 7. The Kier molecular flexibility index (Phi) is 7.19. The molecule has 5 heteroatoms. The molecule has 1 amide bonds. The van der Waals surface area contributed by atoms with Crippen molar-refractivity contribution < 1.29 is 9.59 Å². The molecule has 5 rings (SSSR count). The Morgan fingerprint density at radius 1 is 0.917 bits per heavy atom. The summed E-state index contributed by atoms with van der Waals surface area (Å²) in [6, 6.07) is 28.0. The van der Waals surface area contributed by atoms with Crippen LogP contribution in [-0.2, 0) is 11.3 Å². The molecular formula is C31H31N3O2. The van der Waals surface area contributed by atoms with Gasteiger partial charge in [0.05, 0.1) is 22.8 Å². The lowest BCUT2D eigenvalue weighted by molar-refractivity contribution is -0.121. The zero-order valence-corrected chi connectivity index (χ0v) is 20.6. The van der Waals surface area contributed by atoms with Gasteiger partial charge in [0.2, 0.25) is 0 Å². The average Bonchev–Trinajstić information content (AvgIpc) is 2.93. The van der Waals surface area contributed by atoms with Crippen LogP contribution in [0.25, 0.3) is 22.2 Å². The number of hydrogen-bond donors (Lipinski definition) is 1. The van der Waals surface area contributed by atoms with Crippen LogP contribution in [0.2, 0.25) is 0 Å². The zero-order chi connectivity index (χ0) is 24.9. The first-order valence-corrected chi connectivity index (χ1v) is 12.7. The highest BCUT2D eigenvalue weighted by Gasteiger charge is 2.26. The molecule has 0 spiro atoms. The monoisotopic (exact) mass is 477 g/mol. The van der Waals surface area contributed by atoms with Crippen LogP contribution < -0.4 is 5.32 Å². The molecule has 1 fully saturated rings. The summed E-state index contributed by atoms with van der Waals surface area (Å²) in [6.45, 7) is 4.05. The number of Topliss-reactive ketones (excluding diaryl/α,β-unsaturated/α-hetero) is 1. The van der Waals surface area contributed by atoms with E-state index in [0.717, 1.165) is 39.7 Å². The summed E-state index contributed by atoms with van der Waals surface area (Å²) in [5.74, 6) is 0.211. The number of aromatic nitrogens is 1. The van der Waals surface area contributed by atoms with E-state index in [1.54, 1.807) is 0 Å². The van der Waals surface area contributed by atoms with Crippen molar-refractivity contribution in [2.75, 3.05) is 13.1 Å². The molecule has 1 saturated heterocycles. The van der Waals surface area contributed by atoms with Crippen molar-refractivity contribution in [1.82, 2.24) is 15.2 Å². The molecule has 182 valence electrons. The zero-order valence-electron chi connectivity index (χ0n) is 20.6. The summed E-state index contributed by atoms with van der Waals surface area (Å²) < 4.78 is 0. The molecule has 1 N–H and O–H groups in total. The number of para-hydroxylation sites is 1. The molecule has 3 aromatic carbocycles. The van der Waals surface area contributed by atoms with E-state index in [0.29, 0.717) is 43.8 Å². The minimum atomic E-state index is -0.0930. The number of likely N-dealkylation sites (tertiary alicyclic amines) is 1. The summed E-state index contributed by atoms with van der Waals surface area (Å²) in [4.78, 5) is 33.3. The number of benzene rings is 3. The van der Waals surface area contributed by atoms with Gasteiger partial charge in [-0.05, 0) is 18.1 Å². The van der Waals surface area contributed by atoms with Crippen molar-refractivity contribution in [3.8, 4) is 11.3 Å². The second kappa shape index (κ2) is 10.8. The molecule has 1 aromatic heterocycles. The largest absolute Gasteiger partial charge is 0.345 e. The Morgan fingerprint density at radius 2 is 1.56 bits per heavy atom. The first-order chi connectivity index (χ1) is 17.6. The summed E-state index contributed by atoms with van der Waals surface area (Å²) in [5, 5.41) is 4.16. The minimum absolute atomic E-state index is 0.0914. The molecule has 36 heavy (non-hydrogen) atoms. The van der Waals surface area contributed by atoms with Crippen LogP contribution in [-0.4, -0.2) is 34.7 Å². The first kappa shape index (κ1) is 23.9. The maximum absolute atomic E-state index is 14.1. The lowest BCUT2D eigenvalue weighted by Gasteiger charge is -2.28. The van der Waals surface area contributed by atoms with Crippen LogP contribution in [0.3, 0.4) is 0 Å². The van der Waals surface area contributed by atoms with Gasteiger partial charge in [-0.1, -0.05) is 85.8 Å². The minimum Gasteiger partial charge on any atom is -0.345 e. The summed E-state index contributed by atoms with van der Waals surface area (Å²) in [6.07, 6.45) is 1.89. The maximum atomic E-state index is 14.1. The van der Waals surface area contributed by atoms with Gasteiger partial charge in [0.1, 0.15) is 5.78 Å². The van der Waals surface area contributed by atoms with Crippen LogP contribution in [0, 0.1) is 0 Å². The van der Waals surface area contributed by atoms with Gasteiger partial charge in [0.15, 0.2) is 0 Å². The van der Waals surface area contributed by atoms with Crippen molar-refractivity contribution in [3.05, 3.63) is 102 Å². The van der Waals surface area contributed by atoms with E-state index in [2.05, 4.69) is 29.3 Å². The van der Waals surface area contributed by atoms with E-state index < -0.39 is 0 Å². The van der Waals surface area contributed by atoms with Crippen LogP contribution in [0.4, 0.5) is 0 Å². The van der Waals surface area contributed by atoms with Crippen molar-refractivity contribution in [2.24, 2.45) is 0 Å². The van der Waals surface area contributed by atoms with Crippen molar-refractivity contribution in [3.63, 3.8) is 0 Å². The number of pyridine rings is 1. The maximum Gasteiger partial charge on any atom is 0.252 e. The van der Waals surface area contributed by atoms with E-state index in [1.807, 2.05) is 72.8 Å². The molecule has 1 aliphatic rings. The lowest BCUT2D eigenvalue weighted by atomic mass is 9.94. The number of hydrogen-bond acceptors (Lipinski definition) is 4. The SMILES string of the molecule is CCC(NC(=O)c1c(CN2CCC(=O)CC2)c(-c2ccccc2)nc2ccccc12)c1ccccc1. The molecule has 0 aliphatic carbocycles.